The van der Waals surface area contributed by atoms with Crippen LogP contribution in [0.5, 0.6) is 0 Å². The van der Waals surface area contributed by atoms with E-state index in [1.807, 2.05) is 0 Å². The maximum atomic E-state index is 11.9. The van der Waals surface area contributed by atoms with Gasteiger partial charge in [0, 0.05) is 45.7 Å². The topological polar surface area (TPSA) is 58.8 Å². The zero-order chi connectivity index (χ0) is 14.1. The van der Waals surface area contributed by atoms with E-state index in [4.69, 9.17) is 9.26 Å². The van der Waals surface area contributed by atoms with Gasteiger partial charge in [-0.2, -0.15) is 0 Å². The van der Waals surface area contributed by atoms with Crippen LogP contribution in [-0.2, 0) is 16.1 Å². The van der Waals surface area contributed by atoms with Crippen molar-refractivity contribution in [3.8, 4) is 0 Å². The van der Waals surface area contributed by atoms with Crippen LogP contribution in [0.1, 0.15) is 30.2 Å². The van der Waals surface area contributed by atoms with Crippen LogP contribution in [0, 0.1) is 0 Å². The minimum atomic E-state index is -0.367. The molecule has 1 atom stereocenters. The summed E-state index contributed by atoms with van der Waals surface area (Å²) in [5.74, 6) is 1.62. The molecule has 2 aliphatic rings. The van der Waals surface area contributed by atoms with Crippen molar-refractivity contribution in [2.45, 2.75) is 31.4 Å². The highest BCUT2D eigenvalue weighted by Crippen LogP contribution is 2.40. The summed E-state index contributed by atoms with van der Waals surface area (Å²) in [6.45, 7) is 2.74. The van der Waals surface area contributed by atoms with Crippen molar-refractivity contribution in [2.75, 3.05) is 33.8 Å². The third-order valence-corrected chi connectivity index (χ3v) is 3.81. The zero-order valence-electron chi connectivity index (χ0n) is 12.0. The van der Waals surface area contributed by atoms with Gasteiger partial charge in [-0.15, -0.1) is 0 Å². The van der Waals surface area contributed by atoms with Gasteiger partial charge < -0.3 is 14.2 Å². The molecule has 1 aromatic rings. The van der Waals surface area contributed by atoms with Gasteiger partial charge in [-0.3, -0.25) is 9.69 Å². The van der Waals surface area contributed by atoms with E-state index in [1.54, 1.807) is 19.0 Å². The number of carbonyl (C=O) groups is 1. The molecule has 1 aromatic heterocycles. The Labute approximate surface area is 118 Å². The van der Waals surface area contributed by atoms with Crippen LogP contribution in [0.15, 0.2) is 10.6 Å². The summed E-state index contributed by atoms with van der Waals surface area (Å²) in [6, 6.07) is 2.05. The molecular weight excluding hydrogens is 258 g/mol. The molecule has 0 bridgehead atoms. The molecule has 1 unspecified atom stereocenters. The van der Waals surface area contributed by atoms with Crippen molar-refractivity contribution in [1.82, 2.24) is 15.0 Å². The van der Waals surface area contributed by atoms with Crippen LogP contribution in [0.3, 0.4) is 0 Å². The number of rotatable bonds is 4. The van der Waals surface area contributed by atoms with Gasteiger partial charge in [-0.05, 0) is 12.8 Å². The van der Waals surface area contributed by atoms with Gasteiger partial charge in [-0.1, -0.05) is 5.16 Å². The van der Waals surface area contributed by atoms with E-state index in [0.29, 0.717) is 19.1 Å². The van der Waals surface area contributed by atoms with E-state index >= 15 is 0 Å². The molecule has 0 radical (unpaired) electrons. The Hall–Kier alpha value is -1.40. The number of carbonyl (C=O) groups excluding carboxylic acids is 1. The Morgan fingerprint density at radius 3 is 3.00 bits per heavy atom. The Morgan fingerprint density at radius 2 is 2.30 bits per heavy atom. The summed E-state index contributed by atoms with van der Waals surface area (Å²) >= 11 is 0. The van der Waals surface area contributed by atoms with Crippen LogP contribution in [0.25, 0.3) is 0 Å². The predicted octanol–water partition coefficient (Wildman–Crippen LogP) is 0.841. The summed E-state index contributed by atoms with van der Waals surface area (Å²) in [7, 11) is 3.51. The van der Waals surface area contributed by atoms with Gasteiger partial charge in [0.2, 0.25) is 0 Å². The number of amides is 1. The lowest BCUT2D eigenvalue weighted by atomic mass is 10.2. The Morgan fingerprint density at radius 1 is 1.50 bits per heavy atom. The maximum absolute atomic E-state index is 11.9. The number of morpholine rings is 1. The first-order chi connectivity index (χ1) is 9.63. The van der Waals surface area contributed by atoms with Gasteiger partial charge in [0.25, 0.3) is 5.91 Å². The van der Waals surface area contributed by atoms with Gasteiger partial charge in [-0.25, -0.2) is 0 Å². The molecule has 2 heterocycles. The molecule has 2 fully saturated rings. The van der Waals surface area contributed by atoms with Crippen molar-refractivity contribution in [1.29, 1.82) is 0 Å². The zero-order valence-corrected chi connectivity index (χ0v) is 12.0. The van der Waals surface area contributed by atoms with E-state index in [-0.39, 0.29) is 12.0 Å². The Bertz CT molecular complexity index is 482. The van der Waals surface area contributed by atoms with Crippen molar-refractivity contribution in [3.63, 3.8) is 0 Å². The molecule has 110 valence electrons. The molecule has 0 aromatic carbocycles. The number of hydrogen-bond donors (Lipinski definition) is 0. The summed E-state index contributed by atoms with van der Waals surface area (Å²) in [5.41, 5.74) is 0.949. The highest BCUT2D eigenvalue weighted by atomic mass is 16.5. The number of hydrogen-bond acceptors (Lipinski definition) is 5. The summed E-state index contributed by atoms with van der Waals surface area (Å²) < 4.78 is 10.9. The van der Waals surface area contributed by atoms with Crippen LogP contribution >= 0.6 is 0 Å². The first-order valence-corrected chi connectivity index (χ1v) is 7.14. The first-order valence-electron chi connectivity index (χ1n) is 7.14. The quantitative estimate of drug-likeness (QED) is 0.817. The van der Waals surface area contributed by atoms with E-state index < -0.39 is 0 Å². The number of ether oxygens (including phenoxy) is 1. The SMILES string of the molecule is CN(C)C(=O)C1CN(Cc2cc(C3CC3)on2)CCO1. The minimum Gasteiger partial charge on any atom is -0.366 e. The van der Waals surface area contributed by atoms with Crippen molar-refractivity contribution in [2.24, 2.45) is 0 Å². The summed E-state index contributed by atoms with van der Waals surface area (Å²) in [4.78, 5) is 15.7. The average Bonchev–Trinajstić information content (AvgIpc) is 3.19. The van der Waals surface area contributed by atoms with E-state index in [1.165, 1.54) is 12.8 Å². The molecular formula is C14H21N3O3. The lowest BCUT2D eigenvalue weighted by molar-refractivity contribution is -0.147. The van der Waals surface area contributed by atoms with E-state index in [0.717, 1.165) is 24.5 Å². The predicted molar refractivity (Wildman–Crippen MR) is 72.2 cm³/mol. The highest BCUT2D eigenvalue weighted by Gasteiger charge is 2.30. The molecule has 0 spiro atoms. The average molecular weight is 279 g/mol. The molecule has 6 heteroatoms. The van der Waals surface area contributed by atoms with Crippen molar-refractivity contribution >= 4 is 5.91 Å². The lowest BCUT2D eigenvalue weighted by Gasteiger charge is -2.32. The molecule has 1 saturated carbocycles. The smallest absolute Gasteiger partial charge is 0.252 e. The fourth-order valence-electron chi connectivity index (χ4n) is 2.48. The van der Waals surface area contributed by atoms with Crippen LogP contribution in [-0.4, -0.2) is 60.8 Å². The maximum Gasteiger partial charge on any atom is 0.252 e. The highest BCUT2D eigenvalue weighted by molar-refractivity contribution is 5.80. The summed E-state index contributed by atoms with van der Waals surface area (Å²) in [5, 5.41) is 4.12. The van der Waals surface area contributed by atoms with Crippen molar-refractivity contribution in [3.05, 3.63) is 17.5 Å². The fourth-order valence-corrected chi connectivity index (χ4v) is 2.48. The fraction of sp³-hybridized carbons (Fsp3) is 0.714. The molecule has 1 aliphatic heterocycles. The normalized spacial score (nSPS) is 23.8. The van der Waals surface area contributed by atoms with Crippen LogP contribution in [0.4, 0.5) is 0 Å². The number of aromatic nitrogens is 1. The summed E-state index contributed by atoms with van der Waals surface area (Å²) in [6.07, 6.45) is 2.06. The molecule has 6 nitrogen and oxygen atoms in total. The number of nitrogens with zero attached hydrogens (tertiary/aromatic N) is 3. The van der Waals surface area contributed by atoms with Gasteiger partial charge >= 0.3 is 0 Å². The largest absolute Gasteiger partial charge is 0.366 e. The minimum absolute atomic E-state index is 0.0218. The van der Waals surface area contributed by atoms with E-state index in [9.17, 15) is 4.79 Å². The first kappa shape index (κ1) is 13.6. The monoisotopic (exact) mass is 279 g/mol. The molecule has 1 saturated heterocycles. The third kappa shape index (κ3) is 3.02. The molecule has 1 amide bonds. The molecule has 1 aliphatic carbocycles. The van der Waals surface area contributed by atoms with Gasteiger partial charge in [0.1, 0.15) is 11.9 Å². The number of likely N-dealkylation sites (N-methyl/N-ethyl adjacent to an activating group) is 1. The Balaban J connectivity index is 1.57. The van der Waals surface area contributed by atoms with Crippen molar-refractivity contribution < 1.29 is 14.1 Å². The molecule has 0 N–H and O–H groups in total. The van der Waals surface area contributed by atoms with Gasteiger partial charge in [0.15, 0.2) is 0 Å². The third-order valence-electron chi connectivity index (χ3n) is 3.81. The molecule has 20 heavy (non-hydrogen) atoms. The second-order valence-corrected chi connectivity index (χ2v) is 5.82. The van der Waals surface area contributed by atoms with E-state index in [2.05, 4.69) is 16.1 Å². The van der Waals surface area contributed by atoms with Crippen LogP contribution < -0.4 is 0 Å². The lowest BCUT2D eigenvalue weighted by Crippen LogP contribution is -2.49. The second-order valence-electron chi connectivity index (χ2n) is 5.82. The second kappa shape index (κ2) is 5.54. The standard InChI is InChI=1S/C14H21N3O3/c1-16(2)14(18)13-9-17(5-6-19-13)8-11-7-12(20-15-11)10-3-4-10/h7,10,13H,3-6,8-9H2,1-2H3. The van der Waals surface area contributed by atoms with Crippen LogP contribution in [0.2, 0.25) is 0 Å². The Kier molecular flexibility index (Phi) is 3.76. The van der Waals surface area contributed by atoms with Gasteiger partial charge in [0.05, 0.1) is 12.3 Å². The molecule has 3 rings (SSSR count).